The highest BCUT2D eigenvalue weighted by molar-refractivity contribution is 5.05. The maximum Gasteiger partial charge on any atom is 0.0522 e. The van der Waals surface area contributed by atoms with Gasteiger partial charge in [0.15, 0.2) is 0 Å². The van der Waals surface area contributed by atoms with Crippen molar-refractivity contribution in [2.75, 3.05) is 20.6 Å². The van der Waals surface area contributed by atoms with E-state index in [0.717, 1.165) is 25.9 Å². The normalized spacial score (nSPS) is 13.4. The van der Waals surface area contributed by atoms with Gasteiger partial charge in [-0.1, -0.05) is 0 Å². The van der Waals surface area contributed by atoms with Crippen LogP contribution in [0.4, 0.5) is 0 Å². The first-order chi connectivity index (χ1) is 7.11. The molecule has 1 atom stereocenters. The van der Waals surface area contributed by atoms with Crippen molar-refractivity contribution in [3.8, 4) is 0 Å². The number of nitrogens with zero attached hydrogens (tertiary/aromatic N) is 3. The van der Waals surface area contributed by atoms with E-state index in [4.69, 9.17) is 5.73 Å². The average Bonchev–Trinajstić information content (AvgIpc) is 2.62. The van der Waals surface area contributed by atoms with Gasteiger partial charge >= 0.3 is 0 Å². The second-order valence-corrected chi connectivity index (χ2v) is 4.26. The van der Waals surface area contributed by atoms with Crippen LogP contribution in [0.5, 0.6) is 0 Å². The van der Waals surface area contributed by atoms with Crippen LogP contribution < -0.4 is 5.73 Å². The molecule has 0 amide bonds. The fraction of sp³-hybridized carbons (Fsp3) is 0.727. The van der Waals surface area contributed by atoms with Gasteiger partial charge in [-0.05, 0) is 46.0 Å². The first-order valence-electron chi connectivity index (χ1n) is 5.53. The van der Waals surface area contributed by atoms with E-state index in [2.05, 4.69) is 37.2 Å². The molecule has 1 aromatic heterocycles. The molecule has 0 aromatic carbocycles. The van der Waals surface area contributed by atoms with Crippen LogP contribution in [-0.2, 0) is 13.0 Å². The van der Waals surface area contributed by atoms with Crippen LogP contribution in [0.2, 0.25) is 0 Å². The highest BCUT2D eigenvalue weighted by Crippen LogP contribution is 2.03. The van der Waals surface area contributed by atoms with Gasteiger partial charge in [0, 0.05) is 18.8 Å². The van der Waals surface area contributed by atoms with Gasteiger partial charge in [0.1, 0.15) is 0 Å². The Labute approximate surface area is 92.1 Å². The van der Waals surface area contributed by atoms with E-state index < -0.39 is 0 Å². The molecule has 1 rings (SSSR count). The van der Waals surface area contributed by atoms with Crippen LogP contribution in [0.3, 0.4) is 0 Å². The monoisotopic (exact) mass is 210 g/mol. The molecule has 0 bridgehead atoms. The zero-order chi connectivity index (χ0) is 11.3. The molecular formula is C11H22N4. The molecule has 0 saturated heterocycles. The molecule has 0 radical (unpaired) electrons. The van der Waals surface area contributed by atoms with Crippen LogP contribution in [0.25, 0.3) is 0 Å². The summed E-state index contributed by atoms with van der Waals surface area (Å²) in [5.41, 5.74) is 7.28. The number of rotatable bonds is 6. The van der Waals surface area contributed by atoms with Crippen LogP contribution in [0.1, 0.15) is 18.9 Å². The van der Waals surface area contributed by atoms with E-state index >= 15 is 0 Å². The van der Waals surface area contributed by atoms with E-state index in [9.17, 15) is 0 Å². The molecule has 0 aliphatic carbocycles. The van der Waals surface area contributed by atoms with Crippen molar-refractivity contribution in [3.63, 3.8) is 0 Å². The second-order valence-electron chi connectivity index (χ2n) is 4.26. The maximum absolute atomic E-state index is 6.04. The summed E-state index contributed by atoms with van der Waals surface area (Å²) in [6.07, 6.45) is 5.95. The van der Waals surface area contributed by atoms with Crippen LogP contribution in [-0.4, -0.2) is 41.4 Å². The Morgan fingerprint density at radius 1 is 1.53 bits per heavy atom. The lowest BCUT2D eigenvalue weighted by molar-refractivity contribution is 0.379. The fourth-order valence-electron chi connectivity index (χ4n) is 1.51. The van der Waals surface area contributed by atoms with Crippen molar-refractivity contribution in [2.45, 2.75) is 32.4 Å². The predicted molar refractivity (Wildman–Crippen MR) is 62.8 cm³/mol. The van der Waals surface area contributed by atoms with E-state index in [1.165, 1.54) is 5.56 Å². The van der Waals surface area contributed by atoms with Crippen molar-refractivity contribution < 1.29 is 0 Å². The standard InChI is InChI=1S/C11H22N4/c1-4-15-9-10(8-13-15)7-11(12)5-6-14(2)3/h8-9,11H,4-7,12H2,1-3H3. The maximum atomic E-state index is 6.04. The van der Waals surface area contributed by atoms with E-state index in [0.29, 0.717) is 0 Å². The zero-order valence-corrected chi connectivity index (χ0v) is 9.98. The highest BCUT2D eigenvalue weighted by Gasteiger charge is 2.06. The molecule has 0 saturated carbocycles. The van der Waals surface area contributed by atoms with Crippen molar-refractivity contribution in [3.05, 3.63) is 18.0 Å². The van der Waals surface area contributed by atoms with E-state index in [-0.39, 0.29) is 6.04 Å². The van der Waals surface area contributed by atoms with Crippen LogP contribution >= 0.6 is 0 Å². The number of aryl methyl sites for hydroxylation is 1. The lowest BCUT2D eigenvalue weighted by Gasteiger charge is -2.14. The minimum Gasteiger partial charge on any atom is -0.327 e. The topological polar surface area (TPSA) is 47.1 Å². The van der Waals surface area contributed by atoms with Gasteiger partial charge in [-0.2, -0.15) is 5.10 Å². The minimum absolute atomic E-state index is 0.238. The molecule has 0 fully saturated rings. The van der Waals surface area contributed by atoms with Gasteiger partial charge in [-0.25, -0.2) is 0 Å². The predicted octanol–water partition coefficient (Wildman–Crippen LogP) is 0.725. The Bertz CT molecular complexity index is 280. The Kier molecular flexibility index (Phi) is 4.78. The zero-order valence-electron chi connectivity index (χ0n) is 9.98. The number of hydrogen-bond acceptors (Lipinski definition) is 3. The summed E-state index contributed by atoms with van der Waals surface area (Å²) in [5.74, 6) is 0. The SMILES string of the molecule is CCn1cc(CC(N)CCN(C)C)cn1. The summed E-state index contributed by atoms with van der Waals surface area (Å²) in [7, 11) is 4.14. The summed E-state index contributed by atoms with van der Waals surface area (Å²) in [6.45, 7) is 4.05. The molecule has 15 heavy (non-hydrogen) atoms. The van der Waals surface area contributed by atoms with Crippen molar-refractivity contribution in [1.82, 2.24) is 14.7 Å². The van der Waals surface area contributed by atoms with Crippen LogP contribution in [0.15, 0.2) is 12.4 Å². The summed E-state index contributed by atoms with van der Waals surface area (Å²) < 4.78 is 1.94. The van der Waals surface area contributed by atoms with Crippen molar-refractivity contribution >= 4 is 0 Å². The van der Waals surface area contributed by atoms with E-state index in [1.807, 2.05) is 10.9 Å². The van der Waals surface area contributed by atoms with Gasteiger partial charge in [0.25, 0.3) is 0 Å². The van der Waals surface area contributed by atoms with Crippen molar-refractivity contribution in [1.29, 1.82) is 0 Å². The molecule has 0 spiro atoms. The summed E-state index contributed by atoms with van der Waals surface area (Å²) in [6, 6.07) is 0.238. The largest absolute Gasteiger partial charge is 0.327 e. The Balaban J connectivity index is 2.33. The Hall–Kier alpha value is -0.870. The lowest BCUT2D eigenvalue weighted by Crippen LogP contribution is -2.27. The summed E-state index contributed by atoms with van der Waals surface area (Å²) in [4.78, 5) is 2.16. The minimum atomic E-state index is 0.238. The molecule has 86 valence electrons. The van der Waals surface area contributed by atoms with Gasteiger partial charge in [-0.15, -0.1) is 0 Å². The summed E-state index contributed by atoms with van der Waals surface area (Å²) >= 11 is 0. The highest BCUT2D eigenvalue weighted by atomic mass is 15.3. The molecule has 1 aromatic rings. The number of hydrogen-bond donors (Lipinski definition) is 1. The Morgan fingerprint density at radius 2 is 2.27 bits per heavy atom. The van der Waals surface area contributed by atoms with Gasteiger partial charge in [-0.3, -0.25) is 4.68 Å². The number of nitrogens with two attached hydrogens (primary N) is 1. The third kappa shape index (κ3) is 4.44. The van der Waals surface area contributed by atoms with Crippen molar-refractivity contribution in [2.24, 2.45) is 5.73 Å². The van der Waals surface area contributed by atoms with Gasteiger partial charge in [0.05, 0.1) is 6.20 Å². The average molecular weight is 210 g/mol. The quantitative estimate of drug-likeness (QED) is 0.753. The lowest BCUT2D eigenvalue weighted by atomic mass is 10.1. The number of aromatic nitrogens is 2. The second kappa shape index (κ2) is 5.88. The molecule has 4 heteroatoms. The Morgan fingerprint density at radius 3 is 2.80 bits per heavy atom. The fourth-order valence-corrected chi connectivity index (χ4v) is 1.51. The molecule has 1 heterocycles. The first kappa shape index (κ1) is 12.2. The smallest absolute Gasteiger partial charge is 0.0522 e. The summed E-state index contributed by atoms with van der Waals surface area (Å²) in [5, 5.41) is 4.23. The van der Waals surface area contributed by atoms with Gasteiger partial charge < -0.3 is 10.6 Å². The van der Waals surface area contributed by atoms with Gasteiger partial charge in [0.2, 0.25) is 0 Å². The molecule has 0 aliphatic rings. The third-order valence-electron chi connectivity index (χ3n) is 2.46. The first-order valence-corrected chi connectivity index (χ1v) is 5.53. The molecular weight excluding hydrogens is 188 g/mol. The molecule has 4 nitrogen and oxygen atoms in total. The van der Waals surface area contributed by atoms with Crippen LogP contribution in [0, 0.1) is 0 Å². The molecule has 2 N–H and O–H groups in total. The third-order valence-corrected chi connectivity index (χ3v) is 2.46. The molecule has 1 unspecified atom stereocenters. The van der Waals surface area contributed by atoms with E-state index in [1.54, 1.807) is 0 Å². The molecule has 0 aliphatic heterocycles.